The standard InChI is InChI=1S/C24H28N6O4/c1-24(2,3)30(23(33)34)18-10-12-28(15-18)21-25-11-9-17(26-21)13-19-20(31)27-22(32)29(19)14-16-7-5-4-6-8-16/h4-9,11,13,18H,10,12,14-15H2,1-3H3,(H,33,34)(H,27,31,32)/b19-13-. The number of nitrogens with one attached hydrogen (secondary N) is 1. The van der Waals surface area contributed by atoms with Crippen LogP contribution >= 0.6 is 0 Å². The Labute approximate surface area is 197 Å². The van der Waals surface area contributed by atoms with Crippen LogP contribution in [0.25, 0.3) is 6.08 Å². The molecule has 0 spiro atoms. The number of carboxylic acid groups (broad SMARTS) is 1. The molecule has 10 nitrogen and oxygen atoms in total. The van der Waals surface area contributed by atoms with Crippen molar-refractivity contribution in [2.75, 3.05) is 18.0 Å². The molecular formula is C24H28N6O4. The van der Waals surface area contributed by atoms with Crippen molar-refractivity contribution >= 4 is 30.1 Å². The van der Waals surface area contributed by atoms with Crippen molar-refractivity contribution in [3.05, 3.63) is 59.5 Å². The molecule has 178 valence electrons. The van der Waals surface area contributed by atoms with E-state index in [1.165, 1.54) is 9.80 Å². The lowest BCUT2D eigenvalue weighted by Crippen LogP contribution is -2.52. The second-order valence-corrected chi connectivity index (χ2v) is 9.35. The minimum absolute atomic E-state index is 0.178. The van der Waals surface area contributed by atoms with E-state index in [0.717, 1.165) is 5.56 Å². The molecular weight excluding hydrogens is 436 g/mol. The maximum atomic E-state index is 12.4. The van der Waals surface area contributed by atoms with Gasteiger partial charge in [0.1, 0.15) is 5.70 Å². The number of rotatable bonds is 5. The van der Waals surface area contributed by atoms with E-state index in [-0.39, 0.29) is 18.3 Å². The lowest BCUT2D eigenvalue weighted by Gasteiger charge is -2.37. The van der Waals surface area contributed by atoms with Crippen LogP contribution in [-0.2, 0) is 11.3 Å². The minimum Gasteiger partial charge on any atom is -0.465 e. The van der Waals surface area contributed by atoms with Gasteiger partial charge in [-0.05, 0) is 44.9 Å². The first-order valence-corrected chi connectivity index (χ1v) is 11.1. The largest absolute Gasteiger partial charge is 0.465 e. The highest BCUT2D eigenvalue weighted by molar-refractivity contribution is 6.13. The molecule has 2 aliphatic heterocycles. The number of hydrogen-bond acceptors (Lipinski definition) is 6. The van der Waals surface area contributed by atoms with E-state index in [1.54, 1.807) is 18.3 Å². The summed E-state index contributed by atoms with van der Waals surface area (Å²) < 4.78 is 0. The van der Waals surface area contributed by atoms with E-state index in [2.05, 4.69) is 15.3 Å². The van der Waals surface area contributed by atoms with E-state index in [1.807, 2.05) is 56.0 Å². The third-order valence-electron chi connectivity index (χ3n) is 5.86. The average molecular weight is 465 g/mol. The van der Waals surface area contributed by atoms with E-state index < -0.39 is 23.6 Å². The number of carbonyl (C=O) groups excluding carboxylic acids is 2. The summed E-state index contributed by atoms with van der Waals surface area (Å²) >= 11 is 0. The van der Waals surface area contributed by atoms with Gasteiger partial charge in [-0.2, -0.15) is 0 Å². The molecule has 2 aliphatic rings. The van der Waals surface area contributed by atoms with Crippen LogP contribution in [0.2, 0.25) is 0 Å². The molecule has 2 aromatic rings. The zero-order valence-corrected chi connectivity index (χ0v) is 19.4. The number of imide groups is 1. The molecule has 0 aliphatic carbocycles. The zero-order chi connectivity index (χ0) is 24.5. The second kappa shape index (κ2) is 9.12. The smallest absolute Gasteiger partial charge is 0.408 e. The summed E-state index contributed by atoms with van der Waals surface area (Å²) in [5, 5.41) is 12.0. The van der Waals surface area contributed by atoms with Crippen LogP contribution in [-0.4, -0.2) is 67.6 Å². The highest BCUT2D eigenvalue weighted by Gasteiger charge is 2.38. The Morgan fingerprint density at radius 1 is 1.24 bits per heavy atom. The molecule has 0 bridgehead atoms. The van der Waals surface area contributed by atoms with Gasteiger partial charge in [-0.25, -0.2) is 19.6 Å². The van der Waals surface area contributed by atoms with Crippen molar-refractivity contribution in [2.45, 2.75) is 45.3 Å². The molecule has 2 N–H and O–H groups in total. The van der Waals surface area contributed by atoms with Gasteiger partial charge in [0.15, 0.2) is 0 Å². The van der Waals surface area contributed by atoms with Crippen LogP contribution in [0, 0.1) is 0 Å². The first kappa shape index (κ1) is 23.2. The molecule has 1 unspecified atom stereocenters. The summed E-state index contributed by atoms with van der Waals surface area (Å²) in [6.45, 7) is 6.98. The molecule has 4 amide bonds. The van der Waals surface area contributed by atoms with Crippen LogP contribution in [0.5, 0.6) is 0 Å². The van der Waals surface area contributed by atoms with Crippen LogP contribution in [0.4, 0.5) is 15.5 Å². The fourth-order valence-electron chi connectivity index (χ4n) is 4.39. The Kier molecular flexibility index (Phi) is 6.23. The molecule has 4 rings (SSSR count). The minimum atomic E-state index is -0.950. The molecule has 1 aromatic carbocycles. The van der Waals surface area contributed by atoms with Crippen molar-refractivity contribution in [3.8, 4) is 0 Å². The van der Waals surface area contributed by atoms with Crippen LogP contribution in [0.15, 0.2) is 48.3 Å². The molecule has 1 aromatic heterocycles. The Morgan fingerprint density at radius 2 is 1.97 bits per heavy atom. The van der Waals surface area contributed by atoms with Gasteiger partial charge in [-0.15, -0.1) is 0 Å². The van der Waals surface area contributed by atoms with E-state index in [0.29, 0.717) is 31.2 Å². The quantitative estimate of drug-likeness (QED) is 0.516. The molecule has 10 heteroatoms. The Balaban J connectivity index is 1.55. The maximum Gasteiger partial charge on any atom is 0.408 e. The lowest BCUT2D eigenvalue weighted by atomic mass is 10.0. The van der Waals surface area contributed by atoms with E-state index in [9.17, 15) is 19.5 Å². The number of anilines is 1. The zero-order valence-electron chi connectivity index (χ0n) is 19.4. The lowest BCUT2D eigenvalue weighted by molar-refractivity contribution is -0.116. The Bertz CT molecular complexity index is 1130. The number of aromatic nitrogens is 2. The SMILES string of the molecule is CC(C)(C)N(C(=O)O)C1CCN(c2nccc(/C=C3/C(=O)NC(=O)N3Cc3ccccc3)n2)C1. The molecule has 0 saturated carbocycles. The van der Waals surface area contributed by atoms with Gasteiger partial charge in [0.05, 0.1) is 18.3 Å². The first-order chi connectivity index (χ1) is 16.1. The summed E-state index contributed by atoms with van der Waals surface area (Å²) in [5.41, 5.74) is 1.07. The topological polar surface area (TPSA) is 119 Å². The molecule has 2 fully saturated rings. The average Bonchev–Trinajstić information content (AvgIpc) is 3.34. The van der Waals surface area contributed by atoms with Crippen molar-refractivity contribution < 1.29 is 19.5 Å². The summed E-state index contributed by atoms with van der Waals surface area (Å²) in [6.07, 6.45) is 2.88. The number of nitrogens with zero attached hydrogens (tertiary/aromatic N) is 5. The van der Waals surface area contributed by atoms with Crippen molar-refractivity contribution in [2.24, 2.45) is 0 Å². The summed E-state index contributed by atoms with van der Waals surface area (Å²) in [7, 11) is 0. The van der Waals surface area contributed by atoms with Gasteiger partial charge in [0.25, 0.3) is 5.91 Å². The summed E-state index contributed by atoms with van der Waals surface area (Å²) in [6, 6.07) is 10.4. The molecule has 0 radical (unpaired) electrons. The third-order valence-corrected chi connectivity index (χ3v) is 5.86. The normalized spacial score (nSPS) is 19.6. The summed E-state index contributed by atoms with van der Waals surface area (Å²) in [5.74, 6) is -0.0277. The summed E-state index contributed by atoms with van der Waals surface area (Å²) in [4.78, 5) is 50.4. The van der Waals surface area contributed by atoms with Crippen LogP contribution in [0.3, 0.4) is 0 Å². The molecule has 2 saturated heterocycles. The van der Waals surface area contributed by atoms with Gasteiger partial charge in [0.2, 0.25) is 5.95 Å². The number of urea groups is 1. The monoisotopic (exact) mass is 464 g/mol. The molecule has 34 heavy (non-hydrogen) atoms. The van der Waals surface area contributed by atoms with Crippen molar-refractivity contribution in [1.82, 2.24) is 25.1 Å². The van der Waals surface area contributed by atoms with E-state index >= 15 is 0 Å². The predicted octanol–water partition coefficient (Wildman–Crippen LogP) is 2.93. The predicted molar refractivity (Wildman–Crippen MR) is 126 cm³/mol. The van der Waals surface area contributed by atoms with Gasteiger partial charge >= 0.3 is 12.1 Å². The van der Waals surface area contributed by atoms with Crippen molar-refractivity contribution in [1.29, 1.82) is 0 Å². The Hall–Kier alpha value is -3.95. The molecule has 3 heterocycles. The van der Waals surface area contributed by atoms with Gasteiger partial charge < -0.3 is 10.0 Å². The number of benzene rings is 1. The fraction of sp³-hybridized carbons (Fsp3) is 0.375. The highest BCUT2D eigenvalue weighted by Crippen LogP contribution is 2.26. The van der Waals surface area contributed by atoms with Crippen LogP contribution in [0.1, 0.15) is 38.4 Å². The van der Waals surface area contributed by atoms with Gasteiger partial charge in [0, 0.05) is 24.8 Å². The number of hydrogen-bond donors (Lipinski definition) is 2. The second-order valence-electron chi connectivity index (χ2n) is 9.35. The van der Waals surface area contributed by atoms with Gasteiger partial charge in [-0.1, -0.05) is 30.3 Å². The van der Waals surface area contributed by atoms with Crippen molar-refractivity contribution in [3.63, 3.8) is 0 Å². The van der Waals surface area contributed by atoms with Gasteiger partial charge in [-0.3, -0.25) is 19.9 Å². The van der Waals surface area contributed by atoms with E-state index in [4.69, 9.17) is 0 Å². The first-order valence-electron chi connectivity index (χ1n) is 11.1. The number of amides is 4. The Morgan fingerprint density at radius 3 is 2.65 bits per heavy atom. The highest BCUT2D eigenvalue weighted by atomic mass is 16.4. The maximum absolute atomic E-state index is 12.4. The van der Waals surface area contributed by atoms with Crippen LogP contribution < -0.4 is 10.2 Å². The molecule has 1 atom stereocenters. The fourth-order valence-corrected chi connectivity index (χ4v) is 4.39. The number of carbonyl (C=O) groups is 3. The third kappa shape index (κ3) is 4.85.